The van der Waals surface area contributed by atoms with Crippen molar-refractivity contribution in [3.8, 4) is 0 Å². The summed E-state index contributed by atoms with van der Waals surface area (Å²) in [6.45, 7) is 1.04. The number of carbonyl (C=O) groups is 1. The lowest BCUT2D eigenvalue weighted by molar-refractivity contribution is 0.0958. The number of carbonyl (C=O) groups excluding carboxylic acids is 1. The van der Waals surface area contributed by atoms with Gasteiger partial charge in [0.25, 0.3) is 5.91 Å². The second-order valence-electron chi connectivity index (χ2n) is 5.65. The summed E-state index contributed by atoms with van der Waals surface area (Å²) in [7, 11) is 3.85. The van der Waals surface area contributed by atoms with Crippen LogP contribution in [0.3, 0.4) is 0 Å². The number of rotatable bonds is 5. The van der Waals surface area contributed by atoms with Crippen LogP contribution in [0.2, 0.25) is 0 Å². The molecule has 0 spiro atoms. The second kappa shape index (κ2) is 7.39. The quantitative estimate of drug-likeness (QED) is 0.896. The summed E-state index contributed by atoms with van der Waals surface area (Å²) >= 11 is 0. The summed E-state index contributed by atoms with van der Waals surface area (Å²) in [6, 6.07) is 4.64. The molecule has 1 N–H and O–H groups in total. The Morgan fingerprint density at radius 2 is 2.15 bits per heavy atom. The van der Waals surface area contributed by atoms with Crippen LogP contribution < -0.4 is 5.32 Å². The minimum absolute atomic E-state index is 0.118. The Labute approximate surface area is 121 Å². The van der Waals surface area contributed by atoms with Gasteiger partial charge in [0, 0.05) is 25.8 Å². The number of likely N-dealkylation sites (N-methyl/N-ethyl adjacent to an activating group) is 1. The minimum Gasteiger partial charge on any atom is -0.354 e. The Balaban J connectivity index is 1.88. The van der Waals surface area contributed by atoms with Crippen LogP contribution in [0.5, 0.6) is 0 Å². The maximum Gasteiger partial charge on any atom is 0.269 e. The van der Waals surface area contributed by atoms with Crippen molar-refractivity contribution in [1.82, 2.24) is 15.2 Å². The molecule has 1 saturated carbocycles. The summed E-state index contributed by atoms with van der Waals surface area (Å²) in [4.78, 5) is 18.1. The van der Waals surface area contributed by atoms with E-state index in [1.807, 2.05) is 12.1 Å². The highest BCUT2D eigenvalue weighted by Crippen LogP contribution is 2.21. The molecule has 0 radical (unpaired) electrons. The van der Waals surface area contributed by atoms with Gasteiger partial charge < -0.3 is 10.2 Å². The number of nitrogens with zero attached hydrogens (tertiary/aromatic N) is 2. The molecule has 1 amide bonds. The highest BCUT2D eigenvalue weighted by molar-refractivity contribution is 5.92. The van der Waals surface area contributed by atoms with Crippen LogP contribution in [0.25, 0.3) is 0 Å². The first kappa shape index (κ1) is 15.0. The molecule has 2 rings (SSSR count). The van der Waals surface area contributed by atoms with E-state index in [-0.39, 0.29) is 5.91 Å². The Bertz CT molecular complexity index is 441. The van der Waals surface area contributed by atoms with Gasteiger partial charge in [-0.1, -0.05) is 19.3 Å². The van der Waals surface area contributed by atoms with Gasteiger partial charge in [-0.25, -0.2) is 0 Å². The average Bonchev–Trinajstić information content (AvgIpc) is 2.53. The molecular weight excluding hydrogens is 250 g/mol. The summed E-state index contributed by atoms with van der Waals surface area (Å²) in [5.74, 6) is -0.118. The first-order valence-corrected chi connectivity index (χ1v) is 7.58. The maximum atomic E-state index is 11.6. The van der Waals surface area contributed by atoms with Crippen molar-refractivity contribution in [2.75, 3.05) is 20.6 Å². The van der Waals surface area contributed by atoms with E-state index in [2.05, 4.69) is 22.2 Å². The van der Waals surface area contributed by atoms with Gasteiger partial charge in [-0.3, -0.25) is 9.78 Å². The largest absolute Gasteiger partial charge is 0.354 e. The van der Waals surface area contributed by atoms with E-state index in [1.54, 1.807) is 13.2 Å². The third-order valence-corrected chi connectivity index (χ3v) is 4.24. The third kappa shape index (κ3) is 4.04. The molecule has 0 unspecified atom stereocenters. The fourth-order valence-electron chi connectivity index (χ4n) is 2.89. The summed E-state index contributed by atoms with van der Waals surface area (Å²) in [5.41, 5.74) is 1.69. The molecule has 1 aromatic heterocycles. The van der Waals surface area contributed by atoms with E-state index in [9.17, 15) is 4.79 Å². The zero-order valence-corrected chi connectivity index (χ0v) is 12.6. The number of hydrogen-bond donors (Lipinski definition) is 1. The van der Waals surface area contributed by atoms with E-state index in [0.29, 0.717) is 5.69 Å². The van der Waals surface area contributed by atoms with Gasteiger partial charge in [-0.2, -0.15) is 0 Å². The summed E-state index contributed by atoms with van der Waals surface area (Å²) < 4.78 is 0. The van der Waals surface area contributed by atoms with Crippen molar-refractivity contribution in [2.24, 2.45) is 0 Å². The van der Waals surface area contributed by atoms with Gasteiger partial charge in [0.2, 0.25) is 0 Å². The Kier molecular flexibility index (Phi) is 5.53. The SMILES string of the molecule is CNC(=O)c1cc(CCN(C)C2CCCCC2)ccn1. The zero-order chi connectivity index (χ0) is 14.4. The number of hydrogen-bond acceptors (Lipinski definition) is 3. The van der Waals surface area contributed by atoms with Gasteiger partial charge in [0.05, 0.1) is 0 Å². The molecule has 1 aliphatic rings. The fraction of sp³-hybridized carbons (Fsp3) is 0.625. The molecule has 4 heteroatoms. The second-order valence-corrected chi connectivity index (χ2v) is 5.65. The van der Waals surface area contributed by atoms with Crippen LogP contribution in [0.4, 0.5) is 0 Å². The predicted octanol–water partition coefficient (Wildman–Crippen LogP) is 2.25. The fourth-order valence-corrected chi connectivity index (χ4v) is 2.89. The van der Waals surface area contributed by atoms with Crippen molar-refractivity contribution < 1.29 is 4.79 Å². The van der Waals surface area contributed by atoms with E-state index in [0.717, 1.165) is 19.0 Å². The molecule has 0 bridgehead atoms. The number of nitrogens with one attached hydrogen (secondary N) is 1. The van der Waals surface area contributed by atoms with Crippen molar-refractivity contribution in [3.05, 3.63) is 29.6 Å². The molecule has 1 heterocycles. The van der Waals surface area contributed by atoms with E-state index < -0.39 is 0 Å². The minimum atomic E-state index is -0.118. The van der Waals surface area contributed by atoms with Gasteiger partial charge in [-0.05, 0) is 44.0 Å². The first-order valence-electron chi connectivity index (χ1n) is 7.58. The normalized spacial score (nSPS) is 16.4. The van der Waals surface area contributed by atoms with Crippen LogP contribution in [0.15, 0.2) is 18.3 Å². The topological polar surface area (TPSA) is 45.2 Å². The number of amides is 1. The van der Waals surface area contributed by atoms with Gasteiger partial charge in [-0.15, -0.1) is 0 Å². The van der Waals surface area contributed by atoms with Crippen molar-refractivity contribution in [1.29, 1.82) is 0 Å². The molecule has 0 aromatic carbocycles. The number of aromatic nitrogens is 1. The highest BCUT2D eigenvalue weighted by Gasteiger charge is 2.17. The smallest absolute Gasteiger partial charge is 0.269 e. The van der Waals surface area contributed by atoms with E-state index >= 15 is 0 Å². The van der Waals surface area contributed by atoms with Crippen molar-refractivity contribution in [2.45, 2.75) is 44.6 Å². The highest BCUT2D eigenvalue weighted by atomic mass is 16.1. The lowest BCUT2D eigenvalue weighted by atomic mass is 9.94. The molecule has 1 aromatic rings. The maximum absolute atomic E-state index is 11.6. The molecule has 110 valence electrons. The lowest BCUT2D eigenvalue weighted by Crippen LogP contribution is -2.34. The first-order chi connectivity index (χ1) is 9.70. The van der Waals surface area contributed by atoms with Crippen molar-refractivity contribution in [3.63, 3.8) is 0 Å². The van der Waals surface area contributed by atoms with Crippen molar-refractivity contribution >= 4 is 5.91 Å². The molecular formula is C16H25N3O. The van der Waals surface area contributed by atoms with Crippen LogP contribution in [0, 0.1) is 0 Å². The zero-order valence-electron chi connectivity index (χ0n) is 12.6. The molecule has 4 nitrogen and oxygen atoms in total. The third-order valence-electron chi connectivity index (χ3n) is 4.24. The van der Waals surface area contributed by atoms with Crippen LogP contribution >= 0.6 is 0 Å². The average molecular weight is 275 g/mol. The van der Waals surface area contributed by atoms with Crippen LogP contribution in [-0.4, -0.2) is 42.5 Å². The molecule has 20 heavy (non-hydrogen) atoms. The number of pyridine rings is 1. The van der Waals surface area contributed by atoms with E-state index in [4.69, 9.17) is 0 Å². The Morgan fingerprint density at radius 1 is 1.40 bits per heavy atom. The molecule has 0 saturated heterocycles. The van der Waals surface area contributed by atoms with E-state index in [1.165, 1.54) is 37.7 Å². The Morgan fingerprint density at radius 3 is 2.85 bits per heavy atom. The van der Waals surface area contributed by atoms with Gasteiger partial charge in [0.15, 0.2) is 0 Å². The van der Waals surface area contributed by atoms with Gasteiger partial charge in [0.1, 0.15) is 5.69 Å². The molecule has 1 aliphatic carbocycles. The monoisotopic (exact) mass is 275 g/mol. The Hall–Kier alpha value is -1.42. The summed E-state index contributed by atoms with van der Waals surface area (Å²) in [5, 5.41) is 2.61. The standard InChI is InChI=1S/C16H25N3O/c1-17-16(20)15-12-13(8-10-18-15)9-11-19(2)14-6-4-3-5-7-14/h8,10,12,14H,3-7,9,11H2,1-2H3,(H,17,20). The molecule has 0 atom stereocenters. The van der Waals surface area contributed by atoms with Crippen LogP contribution in [-0.2, 0) is 6.42 Å². The van der Waals surface area contributed by atoms with Gasteiger partial charge >= 0.3 is 0 Å². The lowest BCUT2D eigenvalue weighted by Gasteiger charge is -2.31. The predicted molar refractivity (Wildman–Crippen MR) is 80.8 cm³/mol. The molecule has 1 fully saturated rings. The molecule has 0 aliphatic heterocycles. The summed E-state index contributed by atoms with van der Waals surface area (Å²) in [6.07, 6.45) is 9.48. The van der Waals surface area contributed by atoms with Crippen LogP contribution in [0.1, 0.15) is 48.2 Å².